The number of ether oxygens (including phenoxy) is 5. The molecular weight excluding hydrogens is 1370 g/mol. The number of nitrogens with zero attached hydrogens (tertiary/aromatic N) is 12. The summed E-state index contributed by atoms with van der Waals surface area (Å²) in [5.74, 6) is -15.0. The van der Waals surface area contributed by atoms with Crippen molar-refractivity contribution in [2.24, 2.45) is 17.8 Å². The molecule has 11 rings (SSSR count). The number of aliphatic hydroxyl groups is 4. The number of aromatic nitrogens is 14. The summed E-state index contributed by atoms with van der Waals surface area (Å²) in [5, 5.41) is 46.5. The Hall–Kier alpha value is -8.00. The van der Waals surface area contributed by atoms with Crippen LogP contribution in [0.5, 0.6) is 0 Å². The molecular formula is C53H68B6F10N16O16. The van der Waals surface area contributed by atoms with Gasteiger partial charge in [-0.05, 0) is 28.6 Å². The van der Waals surface area contributed by atoms with E-state index in [0.29, 0.717) is 9.13 Å². The van der Waals surface area contributed by atoms with Crippen LogP contribution in [-0.4, -0.2) is 220 Å². The van der Waals surface area contributed by atoms with Gasteiger partial charge in [-0.15, -0.1) is 5.10 Å². The van der Waals surface area contributed by atoms with E-state index in [4.69, 9.17) is 35.9 Å². The van der Waals surface area contributed by atoms with Gasteiger partial charge in [0.05, 0.1) is 17.8 Å². The molecule has 5 fully saturated rings. The Morgan fingerprint density at radius 3 is 1.07 bits per heavy atom. The van der Waals surface area contributed by atoms with Gasteiger partial charge in [0.1, 0.15) is 31.2 Å². The summed E-state index contributed by atoms with van der Waals surface area (Å²) in [4.78, 5) is 94.1. The number of halogens is 10. The van der Waals surface area contributed by atoms with E-state index in [0.717, 1.165) is 51.5 Å². The average Bonchev–Trinajstić information content (AvgIpc) is 1.66. The molecule has 0 aromatic carbocycles. The van der Waals surface area contributed by atoms with Gasteiger partial charge < -0.3 is 55.6 Å². The lowest BCUT2D eigenvalue weighted by molar-refractivity contribution is -0.207. The summed E-state index contributed by atoms with van der Waals surface area (Å²) in [6.45, 7) is 6.41. The Bertz CT molecular complexity index is 3890. The van der Waals surface area contributed by atoms with Crippen molar-refractivity contribution in [1.82, 2.24) is 68.0 Å². The number of aromatic amines is 2. The van der Waals surface area contributed by atoms with E-state index in [2.05, 4.69) is 70.9 Å². The highest BCUT2D eigenvalue weighted by Gasteiger charge is 2.60. The minimum absolute atomic E-state index is 0. The molecule has 6 aromatic heterocycles. The Labute approximate surface area is 573 Å². The van der Waals surface area contributed by atoms with E-state index in [1.807, 2.05) is 9.97 Å². The summed E-state index contributed by atoms with van der Waals surface area (Å²) >= 11 is 0. The minimum atomic E-state index is -2.99. The molecule has 5 saturated heterocycles. The number of rotatable bonds is 11. The number of aliphatic hydroxyl groups excluding tert-OH is 4. The molecule has 10 N–H and O–H groups in total. The van der Waals surface area contributed by atoms with E-state index in [1.54, 1.807) is 20.8 Å². The van der Waals surface area contributed by atoms with E-state index < -0.39 is 174 Å². The third kappa shape index (κ3) is 19.0. The number of tetrazole rings is 1. The third-order valence-corrected chi connectivity index (χ3v) is 16.0. The SMILES string of the molecule is C.CC[C@@]1(F)O[C@@H](n2ccc(-n3cnnn3)nc2=O)[C@H](F)[C@@H]1C.CC[C@@]1(F)O[C@@H](n2ccc(=O)[nH]c2=O)[C@H](F)[C@@H]1C.CC[C@@]1(F)O[C@@H](n2ccc(N)nc2=O)[C@H](F)[C@@H]1C.Nc1ccn([C@@H]2O[C@](F)(CO)[C@@H](O)[C@H]2F)c(=O)n1.O=c1ccn([C@@H]2O[C@](F)(CO)[C@@H](O)[C@H]2F)c(=O)[nH]1.[B].[B][B].[B][B][B]. The fourth-order valence-corrected chi connectivity index (χ4v) is 10.0. The summed E-state index contributed by atoms with van der Waals surface area (Å²) < 4.78 is 169. The molecule has 20 atom stereocenters. The van der Waals surface area contributed by atoms with Gasteiger partial charge in [0.15, 0.2) is 80.0 Å². The molecule has 0 aliphatic carbocycles. The average molecular weight is 1440 g/mol. The lowest BCUT2D eigenvalue weighted by Crippen LogP contribution is -2.41. The molecule has 12 radical (unpaired) electrons. The van der Waals surface area contributed by atoms with Crippen LogP contribution in [-0.2, 0) is 23.7 Å². The number of H-pyrrole nitrogens is 2. The van der Waals surface area contributed by atoms with Gasteiger partial charge in [0.2, 0.25) is 17.6 Å². The molecule has 0 amide bonds. The van der Waals surface area contributed by atoms with Crippen molar-refractivity contribution < 1.29 is 88.0 Å². The number of nitrogen functional groups attached to an aromatic ring is 2. The lowest BCUT2D eigenvalue weighted by atomic mass is 9.40. The van der Waals surface area contributed by atoms with Crippen LogP contribution in [0.1, 0.15) is 99.4 Å². The van der Waals surface area contributed by atoms with Gasteiger partial charge in [-0.25, -0.2) is 67.9 Å². The van der Waals surface area contributed by atoms with Gasteiger partial charge in [0, 0.05) is 109 Å². The second kappa shape index (κ2) is 36.2. The van der Waals surface area contributed by atoms with Crippen LogP contribution in [0.4, 0.5) is 55.5 Å². The van der Waals surface area contributed by atoms with Crippen molar-refractivity contribution in [1.29, 1.82) is 0 Å². The highest BCUT2D eigenvalue weighted by Crippen LogP contribution is 2.48. The third-order valence-electron chi connectivity index (χ3n) is 16.0. The minimum Gasteiger partial charge on any atom is -0.390 e. The zero-order valence-corrected chi connectivity index (χ0v) is 53.5. The maximum Gasteiger partial charge on any atom is 0.351 e. The Kier molecular flexibility index (Phi) is 31.3. The quantitative estimate of drug-likeness (QED) is 0.0558. The molecule has 11 heterocycles. The van der Waals surface area contributed by atoms with E-state index >= 15 is 0 Å². The molecule has 48 heteroatoms. The number of hydrogen-bond donors (Lipinski definition) is 8. The summed E-state index contributed by atoms with van der Waals surface area (Å²) in [6, 6.07) is 5.93. The normalized spacial score (nSPS) is 32.6. The first-order valence-electron chi connectivity index (χ1n) is 29.3. The van der Waals surface area contributed by atoms with Crippen LogP contribution in [0.2, 0.25) is 0 Å². The van der Waals surface area contributed by atoms with Gasteiger partial charge >= 0.3 is 28.4 Å². The molecule has 5 aliphatic rings. The lowest BCUT2D eigenvalue weighted by Gasteiger charge is -2.21. The standard InChI is InChI=1S/C12H14F2N6O2.C11H15F2N3O2.C11H14F2N2O3.C9H11F2N3O4.C9H10F2N2O5.CH4.B3.B2.B/c1-3-12(14)7(2)9(13)10(22-12)19-5-4-8(16-11(19)21)20-6-15-17-18-20;1-3-11(13)6(2)8(12)9(18-11)16-5-4-7(14)15-10(16)17;1-3-11(13)6(2)8(12)9(18-11)15-5-4-7(16)14-10(15)17;10-5-6(16)9(11,3-15)18-7(5)14-2-1-4(12)13-8(14)17;10-5-6(16)9(11,3-14)18-7(5)13-2-1-4(15)12-8(13)17;;1-3-2;1-2;/h4-7,9-10H,3H2,1-2H3;4-6,8-9H,3H2,1-2H3,(H2,14,15,17);4-6,8-9H,3H2,1-2H3,(H,14,16,17);1-2,5-7,15-16H,3H2,(H2,12,13,17);1-2,5-7,14,16H,3H2,(H,12,15,17);1H4;;;/t7-,9+,10+,12+;2*6-,8+,9+,11+;2*5-,6+,7-,9-;;;;/m00011..../s1. The number of nitrogens with one attached hydrogen (secondary N) is 2. The molecule has 0 saturated carbocycles. The first-order chi connectivity index (χ1) is 46.4. The van der Waals surface area contributed by atoms with Gasteiger partial charge in [-0.2, -0.15) is 19.6 Å². The molecule has 32 nitrogen and oxygen atoms in total. The van der Waals surface area contributed by atoms with Crippen molar-refractivity contribution in [3.63, 3.8) is 0 Å². The monoisotopic (exact) mass is 1440 g/mol. The maximum atomic E-state index is 14.4. The van der Waals surface area contributed by atoms with E-state index in [9.17, 15) is 87.7 Å². The Balaban J connectivity index is 0.000000322. The second-order valence-corrected chi connectivity index (χ2v) is 21.9. The molecule has 6 aromatic rings. The van der Waals surface area contributed by atoms with Crippen LogP contribution in [0.3, 0.4) is 0 Å². The van der Waals surface area contributed by atoms with Crippen LogP contribution in [0.25, 0.3) is 5.82 Å². The number of nitrogens with two attached hydrogens (primary N) is 2. The first-order valence-corrected chi connectivity index (χ1v) is 29.3. The predicted molar refractivity (Wildman–Crippen MR) is 340 cm³/mol. The van der Waals surface area contributed by atoms with Crippen molar-refractivity contribution in [3.8, 4) is 5.82 Å². The molecule has 5 aliphatic heterocycles. The molecule has 0 spiro atoms. The van der Waals surface area contributed by atoms with Crippen LogP contribution < -0.4 is 51.0 Å². The molecule has 544 valence electrons. The van der Waals surface area contributed by atoms with Crippen LogP contribution in [0.15, 0.2) is 101 Å². The van der Waals surface area contributed by atoms with Gasteiger partial charge in [-0.3, -0.25) is 42.4 Å². The molecule has 0 bridgehead atoms. The van der Waals surface area contributed by atoms with E-state index in [-0.39, 0.29) is 52.6 Å². The number of anilines is 2. The zero-order valence-electron chi connectivity index (χ0n) is 53.5. The van der Waals surface area contributed by atoms with Crippen LogP contribution in [0, 0.1) is 17.8 Å². The smallest absolute Gasteiger partial charge is 0.351 e. The highest BCUT2D eigenvalue weighted by atomic mass is 19.2. The van der Waals surface area contributed by atoms with Crippen molar-refractivity contribution in [2.45, 2.75) is 172 Å². The Morgan fingerprint density at radius 2 is 0.802 bits per heavy atom. The molecule has 101 heavy (non-hydrogen) atoms. The summed E-state index contributed by atoms with van der Waals surface area (Å²) in [7, 11) is 18.0. The zero-order chi connectivity index (χ0) is 74.6. The summed E-state index contributed by atoms with van der Waals surface area (Å²) in [5.41, 5.74) is 4.97. The number of hydrogen-bond acceptors (Lipinski definition) is 24. The van der Waals surface area contributed by atoms with E-state index in [1.165, 1.54) is 62.4 Å². The summed E-state index contributed by atoms with van der Waals surface area (Å²) in [6.07, 6.45) is -14.4. The first kappa shape index (κ1) is 87.2. The molecule has 0 unspecified atom stereocenters. The highest BCUT2D eigenvalue weighted by molar-refractivity contribution is 7.17. The van der Waals surface area contributed by atoms with Gasteiger partial charge in [0.25, 0.3) is 22.8 Å². The second-order valence-electron chi connectivity index (χ2n) is 21.9. The predicted octanol–water partition coefficient (Wildman–Crippen LogP) is -1.20. The number of alkyl halides is 10. The van der Waals surface area contributed by atoms with Crippen molar-refractivity contribution in [3.05, 3.63) is 141 Å². The largest absolute Gasteiger partial charge is 0.390 e. The van der Waals surface area contributed by atoms with Crippen molar-refractivity contribution in [2.75, 3.05) is 24.7 Å². The van der Waals surface area contributed by atoms with Crippen molar-refractivity contribution >= 4 is 58.1 Å². The topological polar surface area (TPSA) is 437 Å². The van der Waals surface area contributed by atoms with Gasteiger partial charge in [-0.1, -0.05) is 49.0 Å². The fourth-order valence-electron chi connectivity index (χ4n) is 10.0. The van der Waals surface area contributed by atoms with Crippen LogP contribution >= 0.6 is 0 Å². The Morgan fingerprint density at radius 1 is 0.515 bits per heavy atom. The fraction of sp³-hybridized carbons (Fsp3) is 0.604. The maximum absolute atomic E-state index is 14.4.